The molecule has 1 heterocycles. The van der Waals surface area contributed by atoms with Gasteiger partial charge in [0.1, 0.15) is 0 Å². The van der Waals surface area contributed by atoms with Gasteiger partial charge in [0.2, 0.25) is 0 Å². The highest BCUT2D eigenvalue weighted by Gasteiger charge is 2.40. The molecule has 0 aliphatic carbocycles. The van der Waals surface area contributed by atoms with Crippen molar-refractivity contribution in [3.8, 4) is 0 Å². The SMILES string of the molecule is CC(C)(C)[Si](C)(C)OC[C@@H]1NC(=O)OC1=O. The van der Waals surface area contributed by atoms with E-state index >= 15 is 0 Å². The van der Waals surface area contributed by atoms with Crippen molar-refractivity contribution >= 4 is 20.4 Å². The number of ether oxygens (including phenoxy) is 1. The van der Waals surface area contributed by atoms with Gasteiger partial charge in [-0.15, -0.1) is 0 Å². The fourth-order valence-electron chi connectivity index (χ4n) is 1.01. The number of nitrogens with one attached hydrogen (secondary N) is 1. The number of hydrogen-bond donors (Lipinski definition) is 1. The van der Waals surface area contributed by atoms with Crippen molar-refractivity contribution in [3.05, 3.63) is 0 Å². The highest BCUT2D eigenvalue weighted by molar-refractivity contribution is 6.74. The lowest BCUT2D eigenvalue weighted by Gasteiger charge is -2.36. The molecule has 1 atom stereocenters. The van der Waals surface area contributed by atoms with Gasteiger partial charge >= 0.3 is 12.1 Å². The van der Waals surface area contributed by atoms with Crippen LogP contribution in [-0.2, 0) is 14.0 Å². The first-order valence-corrected chi connectivity index (χ1v) is 8.20. The quantitative estimate of drug-likeness (QED) is 0.466. The first kappa shape index (κ1) is 13.2. The zero-order chi connectivity index (χ0) is 12.6. The van der Waals surface area contributed by atoms with E-state index in [1.54, 1.807) is 0 Å². The number of alkyl carbamates (subject to hydrolysis) is 1. The molecule has 92 valence electrons. The van der Waals surface area contributed by atoms with Crippen molar-refractivity contribution in [1.29, 1.82) is 0 Å². The molecule has 0 aromatic heterocycles. The second-order valence-corrected chi connectivity index (χ2v) is 10.3. The Hall–Kier alpha value is -0.883. The van der Waals surface area contributed by atoms with Gasteiger partial charge in [-0.2, -0.15) is 0 Å². The van der Waals surface area contributed by atoms with Crippen LogP contribution in [0.4, 0.5) is 4.79 Å². The number of carbonyl (C=O) groups excluding carboxylic acids is 2. The first-order chi connectivity index (χ1) is 7.13. The molecule has 1 amide bonds. The number of amides is 1. The summed E-state index contributed by atoms with van der Waals surface area (Å²) in [5.41, 5.74) is 0. The average Bonchev–Trinajstić information content (AvgIpc) is 2.39. The van der Waals surface area contributed by atoms with Crippen LogP contribution >= 0.6 is 0 Å². The van der Waals surface area contributed by atoms with Crippen LogP contribution in [0.25, 0.3) is 0 Å². The highest BCUT2D eigenvalue weighted by atomic mass is 28.4. The van der Waals surface area contributed by atoms with E-state index in [0.717, 1.165) is 0 Å². The lowest BCUT2D eigenvalue weighted by molar-refractivity contribution is -0.135. The lowest BCUT2D eigenvalue weighted by Crippen LogP contribution is -2.45. The van der Waals surface area contributed by atoms with E-state index in [9.17, 15) is 9.59 Å². The van der Waals surface area contributed by atoms with Crippen molar-refractivity contribution in [3.63, 3.8) is 0 Å². The van der Waals surface area contributed by atoms with Crippen molar-refractivity contribution in [2.45, 2.75) is 44.9 Å². The lowest BCUT2D eigenvalue weighted by atomic mass is 10.2. The molecule has 0 radical (unpaired) electrons. The second-order valence-electron chi connectivity index (χ2n) is 5.48. The third-order valence-electron chi connectivity index (χ3n) is 3.19. The monoisotopic (exact) mass is 245 g/mol. The summed E-state index contributed by atoms with van der Waals surface area (Å²) in [5, 5.41) is 2.50. The minimum Gasteiger partial charge on any atom is -0.414 e. The summed E-state index contributed by atoms with van der Waals surface area (Å²) in [6.45, 7) is 10.7. The Morgan fingerprint density at radius 1 is 1.38 bits per heavy atom. The van der Waals surface area contributed by atoms with Crippen LogP contribution < -0.4 is 5.32 Å². The molecule has 0 spiro atoms. The number of hydrogen-bond acceptors (Lipinski definition) is 4. The van der Waals surface area contributed by atoms with Gasteiger partial charge in [0.25, 0.3) is 0 Å². The molecule has 1 aliphatic heterocycles. The van der Waals surface area contributed by atoms with Gasteiger partial charge in [0, 0.05) is 0 Å². The van der Waals surface area contributed by atoms with Gasteiger partial charge in [-0.05, 0) is 18.1 Å². The summed E-state index contributed by atoms with van der Waals surface area (Å²) in [4.78, 5) is 22.0. The van der Waals surface area contributed by atoms with Crippen LogP contribution in [0, 0.1) is 0 Å². The molecule has 1 saturated heterocycles. The summed E-state index contributed by atoms with van der Waals surface area (Å²) >= 11 is 0. The van der Waals surface area contributed by atoms with E-state index in [2.05, 4.69) is 43.9 Å². The molecule has 0 aromatic carbocycles. The predicted octanol–water partition coefficient (Wildman–Crippen LogP) is 1.64. The molecular formula is C10H19NO4Si. The van der Waals surface area contributed by atoms with Crippen LogP contribution in [0.15, 0.2) is 0 Å². The van der Waals surface area contributed by atoms with Gasteiger partial charge in [-0.3, -0.25) is 0 Å². The Morgan fingerprint density at radius 2 is 1.94 bits per heavy atom. The van der Waals surface area contributed by atoms with Crippen LogP contribution in [0.1, 0.15) is 20.8 Å². The summed E-state index contributed by atoms with van der Waals surface area (Å²) in [6, 6.07) is -0.651. The van der Waals surface area contributed by atoms with Crippen molar-refractivity contribution in [2.24, 2.45) is 0 Å². The van der Waals surface area contributed by atoms with Gasteiger partial charge in [0.05, 0.1) is 6.61 Å². The van der Waals surface area contributed by atoms with Crippen LogP contribution in [0.2, 0.25) is 18.1 Å². The standard InChI is InChI=1S/C10H19NO4Si/c1-10(2,3)16(4,5)14-6-7-8(12)15-9(13)11-7/h7H,6H2,1-5H3,(H,11,13)/t7-/m0/s1. The van der Waals surface area contributed by atoms with Crippen LogP contribution in [-0.4, -0.2) is 33.0 Å². The molecule has 0 unspecified atom stereocenters. The first-order valence-electron chi connectivity index (χ1n) is 5.29. The maximum atomic E-state index is 11.2. The minimum absolute atomic E-state index is 0.0829. The molecule has 1 rings (SSSR count). The van der Waals surface area contributed by atoms with Gasteiger partial charge in [-0.1, -0.05) is 20.8 Å². The second kappa shape index (κ2) is 4.18. The highest BCUT2D eigenvalue weighted by Crippen LogP contribution is 2.36. The van der Waals surface area contributed by atoms with E-state index in [4.69, 9.17) is 4.43 Å². The van der Waals surface area contributed by atoms with Gasteiger partial charge in [0.15, 0.2) is 14.4 Å². The molecule has 1 N–H and O–H groups in total. The fourth-order valence-corrected chi connectivity index (χ4v) is 2.03. The zero-order valence-electron chi connectivity index (χ0n) is 10.4. The Kier molecular flexibility index (Phi) is 3.44. The molecule has 0 aromatic rings. The summed E-state index contributed by atoms with van der Waals surface area (Å²) in [7, 11) is -1.88. The molecule has 1 fully saturated rings. The minimum atomic E-state index is -1.88. The Bertz CT molecular complexity index is 308. The van der Waals surface area contributed by atoms with E-state index in [1.165, 1.54) is 0 Å². The summed E-state index contributed by atoms with van der Waals surface area (Å²) in [5.74, 6) is -0.552. The molecule has 5 nitrogen and oxygen atoms in total. The maximum Gasteiger partial charge on any atom is 0.415 e. The summed E-state index contributed by atoms with van der Waals surface area (Å²) in [6.07, 6.45) is -0.686. The molecular weight excluding hydrogens is 226 g/mol. The van der Waals surface area contributed by atoms with Gasteiger partial charge < -0.3 is 14.5 Å². The largest absolute Gasteiger partial charge is 0.415 e. The smallest absolute Gasteiger partial charge is 0.414 e. The topological polar surface area (TPSA) is 64.6 Å². The Balaban J connectivity index is 2.52. The number of cyclic esters (lactones) is 2. The fraction of sp³-hybridized carbons (Fsp3) is 0.800. The number of carbonyl (C=O) groups is 2. The third-order valence-corrected chi connectivity index (χ3v) is 7.69. The molecule has 6 heteroatoms. The molecule has 0 saturated carbocycles. The van der Waals surface area contributed by atoms with Crippen molar-refractivity contribution in [1.82, 2.24) is 5.32 Å². The van der Waals surface area contributed by atoms with E-state index in [-0.39, 0.29) is 11.6 Å². The molecule has 16 heavy (non-hydrogen) atoms. The van der Waals surface area contributed by atoms with Crippen LogP contribution in [0.5, 0.6) is 0 Å². The van der Waals surface area contributed by atoms with E-state index in [0.29, 0.717) is 0 Å². The predicted molar refractivity (Wildman–Crippen MR) is 61.6 cm³/mol. The molecule has 0 bridgehead atoms. The normalized spacial score (nSPS) is 21.9. The molecule has 1 aliphatic rings. The van der Waals surface area contributed by atoms with E-state index < -0.39 is 26.4 Å². The van der Waals surface area contributed by atoms with E-state index in [1.807, 2.05) is 0 Å². The Morgan fingerprint density at radius 3 is 2.31 bits per heavy atom. The van der Waals surface area contributed by atoms with Gasteiger partial charge in [-0.25, -0.2) is 9.59 Å². The summed E-state index contributed by atoms with van der Waals surface area (Å²) < 4.78 is 10.2. The maximum absolute atomic E-state index is 11.2. The zero-order valence-corrected chi connectivity index (χ0v) is 11.4. The number of esters is 1. The third kappa shape index (κ3) is 2.82. The van der Waals surface area contributed by atoms with Crippen molar-refractivity contribution < 1.29 is 18.8 Å². The number of rotatable bonds is 3. The van der Waals surface area contributed by atoms with Crippen LogP contribution in [0.3, 0.4) is 0 Å². The Labute approximate surface area is 96.6 Å². The average molecular weight is 245 g/mol. The van der Waals surface area contributed by atoms with Crippen molar-refractivity contribution in [2.75, 3.05) is 6.61 Å².